The molecule has 0 saturated carbocycles. The highest BCUT2D eigenvalue weighted by Crippen LogP contribution is 2.38. The fourth-order valence-electron chi connectivity index (χ4n) is 2.07. The average Bonchev–Trinajstić information content (AvgIpc) is 2.93. The van der Waals surface area contributed by atoms with Crippen molar-refractivity contribution in [2.45, 2.75) is 17.0 Å². The zero-order valence-corrected chi connectivity index (χ0v) is 10.5. The van der Waals surface area contributed by atoms with Crippen LogP contribution in [0.15, 0.2) is 52.2 Å². The van der Waals surface area contributed by atoms with E-state index >= 15 is 0 Å². The minimum Gasteiger partial charge on any atom is -0.486 e. The first-order valence-electron chi connectivity index (χ1n) is 5.75. The molecule has 1 aliphatic rings. The minimum absolute atomic E-state index is 0.00694. The molecule has 0 saturated heterocycles. The molecule has 94 valence electrons. The Morgan fingerprint density at radius 3 is 3.00 bits per heavy atom. The summed E-state index contributed by atoms with van der Waals surface area (Å²) in [5, 5.41) is 0. The molecule has 3 rings (SSSR count). The summed E-state index contributed by atoms with van der Waals surface area (Å²) >= 11 is 1.79. The quantitative estimate of drug-likeness (QED) is 0.656. The van der Waals surface area contributed by atoms with E-state index in [4.69, 9.17) is 15.0 Å². The highest BCUT2D eigenvalue weighted by Gasteiger charge is 2.29. The number of hydrogen-bond donors (Lipinski definition) is 2. The lowest BCUT2D eigenvalue weighted by Gasteiger charge is -2.30. The van der Waals surface area contributed by atoms with Gasteiger partial charge in [0.2, 0.25) is 0 Å². The molecule has 2 aromatic rings. The van der Waals surface area contributed by atoms with Gasteiger partial charge in [0.15, 0.2) is 0 Å². The molecule has 0 spiro atoms. The first-order valence-corrected chi connectivity index (χ1v) is 6.74. The fraction of sp³-hybridized carbons (Fsp3) is 0.231. The molecule has 5 heteroatoms. The topological polar surface area (TPSA) is 60.4 Å². The Labute approximate surface area is 109 Å². The highest BCUT2D eigenvalue weighted by molar-refractivity contribution is 7.99. The number of fused-ring (bicyclic) bond motifs is 1. The molecule has 1 aromatic carbocycles. The standard InChI is InChI=1S/C13H14N2O2S/c14-15-13(9-5-6-16-7-9)11-8-18-12-4-2-1-3-10(12)17-11/h1-7,11,13,15H,8,14H2. The predicted octanol–water partition coefficient (Wildman–Crippen LogP) is 2.34. The van der Waals surface area contributed by atoms with Crippen LogP contribution < -0.4 is 16.0 Å². The van der Waals surface area contributed by atoms with Crippen LogP contribution in [0.4, 0.5) is 0 Å². The summed E-state index contributed by atoms with van der Waals surface area (Å²) in [6.07, 6.45) is 3.33. The van der Waals surface area contributed by atoms with Crippen LogP contribution in [0.2, 0.25) is 0 Å². The number of nitrogens with two attached hydrogens (primary N) is 1. The van der Waals surface area contributed by atoms with Crippen molar-refractivity contribution in [3.05, 3.63) is 48.4 Å². The third-order valence-corrected chi connectivity index (χ3v) is 4.13. The van der Waals surface area contributed by atoms with Crippen molar-refractivity contribution in [1.82, 2.24) is 5.43 Å². The van der Waals surface area contributed by atoms with Crippen molar-refractivity contribution in [2.24, 2.45) is 5.84 Å². The molecule has 1 aromatic heterocycles. The molecule has 0 radical (unpaired) electrons. The van der Waals surface area contributed by atoms with Crippen molar-refractivity contribution >= 4 is 11.8 Å². The van der Waals surface area contributed by atoms with Crippen molar-refractivity contribution in [3.63, 3.8) is 0 Å². The van der Waals surface area contributed by atoms with Crippen LogP contribution in [0.1, 0.15) is 11.6 Å². The van der Waals surface area contributed by atoms with Gasteiger partial charge in [0, 0.05) is 16.2 Å². The number of rotatable bonds is 3. The zero-order chi connectivity index (χ0) is 12.4. The van der Waals surface area contributed by atoms with Gasteiger partial charge >= 0.3 is 0 Å². The normalized spacial score (nSPS) is 19.9. The number of ether oxygens (including phenoxy) is 1. The first-order chi connectivity index (χ1) is 8.88. The molecule has 1 aliphatic heterocycles. The van der Waals surface area contributed by atoms with E-state index in [9.17, 15) is 0 Å². The second-order valence-corrected chi connectivity index (χ2v) is 5.18. The van der Waals surface area contributed by atoms with Crippen molar-refractivity contribution in [1.29, 1.82) is 0 Å². The van der Waals surface area contributed by atoms with E-state index in [1.807, 2.05) is 24.3 Å². The first kappa shape index (κ1) is 11.6. The van der Waals surface area contributed by atoms with Gasteiger partial charge in [-0.1, -0.05) is 12.1 Å². The Balaban J connectivity index is 1.82. The smallest absolute Gasteiger partial charge is 0.133 e. The molecular weight excluding hydrogens is 248 g/mol. The molecular formula is C13H14N2O2S. The van der Waals surface area contributed by atoms with Crippen LogP contribution in [0.25, 0.3) is 0 Å². The third-order valence-electron chi connectivity index (χ3n) is 2.98. The van der Waals surface area contributed by atoms with Crippen LogP contribution in [-0.2, 0) is 0 Å². The number of benzene rings is 1. The summed E-state index contributed by atoms with van der Waals surface area (Å²) in [5.41, 5.74) is 3.81. The lowest BCUT2D eigenvalue weighted by molar-refractivity contribution is 0.166. The molecule has 18 heavy (non-hydrogen) atoms. The number of hydrogen-bond acceptors (Lipinski definition) is 5. The van der Waals surface area contributed by atoms with Crippen LogP contribution in [0.5, 0.6) is 5.75 Å². The van der Waals surface area contributed by atoms with Gasteiger partial charge < -0.3 is 9.15 Å². The number of furan rings is 1. The van der Waals surface area contributed by atoms with Gasteiger partial charge in [0.25, 0.3) is 0 Å². The van der Waals surface area contributed by atoms with Gasteiger partial charge in [-0.25, -0.2) is 5.43 Å². The van der Waals surface area contributed by atoms with Gasteiger partial charge in [0.1, 0.15) is 11.9 Å². The lowest BCUT2D eigenvalue weighted by atomic mass is 10.1. The summed E-state index contributed by atoms with van der Waals surface area (Å²) in [6.45, 7) is 0. The van der Waals surface area contributed by atoms with E-state index < -0.39 is 0 Å². The molecule has 4 nitrogen and oxygen atoms in total. The molecule has 3 N–H and O–H groups in total. The molecule has 0 fully saturated rings. The maximum absolute atomic E-state index is 6.00. The molecule has 0 bridgehead atoms. The van der Waals surface area contributed by atoms with Gasteiger partial charge in [0.05, 0.1) is 18.6 Å². The van der Waals surface area contributed by atoms with Crippen molar-refractivity contribution < 1.29 is 9.15 Å². The molecule has 0 aliphatic carbocycles. The lowest BCUT2D eigenvalue weighted by Crippen LogP contribution is -2.41. The van der Waals surface area contributed by atoms with Gasteiger partial charge in [-0.15, -0.1) is 11.8 Å². The second-order valence-electron chi connectivity index (χ2n) is 4.12. The Hall–Kier alpha value is -1.43. The largest absolute Gasteiger partial charge is 0.486 e. The Morgan fingerprint density at radius 2 is 2.22 bits per heavy atom. The second kappa shape index (κ2) is 5.06. The number of hydrazine groups is 1. The predicted molar refractivity (Wildman–Crippen MR) is 70.4 cm³/mol. The maximum atomic E-state index is 6.00. The van der Waals surface area contributed by atoms with Gasteiger partial charge in [-0.2, -0.15) is 0 Å². The summed E-state index contributed by atoms with van der Waals surface area (Å²) in [6, 6.07) is 9.88. The van der Waals surface area contributed by atoms with Crippen LogP contribution in [0, 0.1) is 0 Å². The summed E-state index contributed by atoms with van der Waals surface area (Å²) < 4.78 is 11.1. The minimum atomic E-state index is -0.0652. The molecule has 2 heterocycles. The Bertz CT molecular complexity index is 515. The monoisotopic (exact) mass is 262 g/mol. The Kier molecular flexibility index (Phi) is 3.27. The number of para-hydroxylation sites is 1. The van der Waals surface area contributed by atoms with E-state index in [2.05, 4.69) is 11.5 Å². The van der Waals surface area contributed by atoms with Gasteiger partial charge in [-0.05, 0) is 18.2 Å². The average molecular weight is 262 g/mol. The summed E-state index contributed by atoms with van der Waals surface area (Å²) in [4.78, 5) is 1.18. The maximum Gasteiger partial charge on any atom is 0.133 e. The van der Waals surface area contributed by atoms with Crippen LogP contribution in [0.3, 0.4) is 0 Å². The van der Waals surface area contributed by atoms with Gasteiger partial charge in [-0.3, -0.25) is 5.84 Å². The van der Waals surface area contributed by atoms with Crippen molar-refractivity contribution in [3.8, 4) is 5.75 Å². The van der Waals surface area contributed by atoms with E-state index in [-0.39, 0.29) is 12.1 Å². The van der Waals surface area contributed by atoms with E-state index in [0.717, 1.165) is 17.1 Å². The third kappa shape index (κ3) is 2.12. The van der Waals surface area contributed by atoms with E-state index in [0.29, 0.717) is 0 Å². The zero-order valence-electron chi connectivity index (χ0n) is 9.71. The molecule has 2 unspecified atom stereocenters. The highest BCUT2D eigenvalue weighted by atomic mass is 32.2. The molecule has 0 amide bonds. The summed E-state index contributed by atoms with van der Waals surface area (Å²) in [5.74, 6) is 7.41. The van der Waals surface area contributed by atoms with E-state index in [1.165, 1.54) is 4.90 Å². The van der Waals surface area contributed by atoms with Crippen LogP contribution >= 0.6 is 11.8 Å². The van der Waals surface area contributed by atoms with E-state index in [1.54, 1.807) is 24.3 Å². The fourth-order valence-corrected chi connectivity index (χ4v) is 3.11. The Morgan fingerprint density at radius 1 is 1.33 bits per heavy atom. The summed E-state index contributed by atoms with van der Waals surface area (Å²) in [7, 11) is 0. The SMILES string of the molecule is NNC(c1ccoc1)C1CSc2ccccc2O1. The number of thioether (sulfide) groups is 1. The number of nitrogens with one attached hydrogen (secondary N) is 1. The molecule has 2 atom stereocenters. The van der Waals surface area contributed by atoms with Crippen molar-refractivity contribution in [2.75, 3.05) is 5.75 Å². The van der Waals surface area contributed by atoms with Crippen LogP contribution in [-0.4, -0.2) is 11.9 Å².